The summed E-state index contributed by atoms with van der Waals surface area (Å²) in [5.74, 6) is 0.957. The van der Waals surface area contributed by atoms with Gasteiger partial charge in [0.1, 0.15) is 29.7 Å². The van der Waals surface area contributed by atoms with E-state index in [1.807, 2.05) is 49.4 Å². The Morgan fingerprint density at radius 3 is 2.19 bits per heavy atom. The Labute approximate surface area is 190 Å². The second-order valence-corrected chi connectivity index (χ2v) is 7.48. The standard InChI is InChI=1S/C25H21BrN2O3/c1-2-30-23-13-9-22(10-14-23)28-25(29)20(16-27)15-18-5-11-24(12-6-18)31-17-19-3-7-21(26)8-4-19/h3-15H,2,17H2,1H3,(H,28,29)/b20-15+. The Balaban J connectivity index is 1.61. The number of nitrogens with one attached hydrogen (secondary N) is 1. The maximum Gasteiger partial charge on any atom is 0.266 e. The van der Waals surface area contributed by atoms with Gasteiger partial charge < -0.3 is 14.8 Å². The molecule has 3 aromatic carbocycles. The quantitative estimate of drug-likeness (QED) is 0.321. The molecule has 0 saturated carbocycles. The van der Waals surface area contributed by atoms with E-state index >= 15 is 0 Å². The first kappa shape index (κ1) is 22.1. The highest BCUT2D eigenvalue weighted by Crippen LogP contribution is 2.19. The molecule has 0 spiro atoms. The fourth-order valence-corrected chi connectivity index (χ4v) is 2.99. The number of amides is 1. The molecule has 3 rings (SSSR count). The van der Waals surface area contributed by atoms with Crippen molar-refractivity contribution in [2.24, 2.45) is 0 Å². The molecule has 0 bridgehead atoms. The lowest BCUT2D eigenvalue weighted by molar-refractivity contribution is -0.112. The second-order valence-electron chi connectivity index (χ2n) is 6.57. The predicted molar refractivity (Wildman–Crippen MR) is 125 cm³/mol. The number of halogens is 1. The molecule has 6 heteroatoms. The molecule has 0 aromatic heterocycles. The van der Waals surface area contributed by atoms with Gasteiger partial charge in [-0.3, -0.25) is 4.79 Å². The van der Waals surface area contributed by atoms with E-state index in [0.29, 0.717) is 24.7 Å². The fourth-order valence-electron chi connectivity index (χ4n) is 2.72. The summed E-state index contributed by atoms with van der Waals surface area (Å²) in [6, 6.07) is 24.1. The minimum absolute atomic E-state index is 0.0115. The van der Waals surface area contributed by atoms with Gasteiger partial charge in [0.25, 0.3) is 5.91 Å². The minimum atomic E-state index is -0.470. The Kier molecular flexibility index (Phi) is 7.85. The number of rotatable bonds is 8. The van der Waals surface area contributed by atoms with Crippen LogP contribution in [0.5, 0.6) is 11.5 Å². The van der Waals surface area contributed by atoms with Crippen LogP contribution < -0.4 is 14.8 Å². The summed E-state index contributed by atoms with van der Waals surface area (Å²) < 4.78 is 12.2. The van der Waals surface area contributed by atoms with Crippen LogP contribution in [0.15, 0.2) is 82.8 Å². The summed E-state index contributed by atoms with van der Waals surface area (Å²) in [6.45, 7) is 2.93. The molecule has 0 aliphatic carbocycles. The first-order chi connectivity index (χ1) is 15.1. The van der Waals surface area contributed by atoms with Crippen LogP contribution in [0.4, 0.5) is 5.69 Å². The van der Waals surface area contributed by atoms with Crippen molar-refractivity contribution in [2.75, 3.05) is 11.9 Å². The van der Waals surface area contributed by atoms with Crippen molar-refractivity contribution in [3.63, 3.8) is 0 Å². The number of benzene rings is 3. The van der Waals surface area contributed by atoms with Gasteiger partial charge in [-0.05, 0) is 72.7 Å². The summed E-state index contributed by atoms with van der Waals surface area (Å²) >= 11 is 3.41. The van der Waals surface area contributed by atoms with Crippen molar-refractivity contribution < 1.29 is 14.3 Å². The van der Waals surface area contributed by atoms with E-state index in [2.05, 4.69) is 21.2 Å². The van der Waals surface area contributed by atoms with E-state index in [1.165, 1.54) is 0 Å². The monoisotopic (exact) mass is 476 g/mol. The van der Waals surface area contributed by atoms with Crippen molar-refractivity contribution in [1.82, 2.24) is 0 Å². The average molecular weight is 477 g/mol. The third-order valence-electron chi connectivity index (χ3n) is 4.30. The largest absolute Gasteiger partial charge is 0.494 e. The molecule has 156 valence electrons. The Morgan fingerprint density at radius 1 is 0.968 bits per heavy atom. The van der Waals surface area contributed by atoms with E-state index < -0.39 is 5.91 Å². The molecule has 0 radical (unpaired) electrons. The smallest absolute Gasteiger partial charge is 0.266 e. The number of nitriles is 1. The maximum absolute atomic E-state index is 12.4. The summed E-state index contributed by atoms with van der Waals surface area (Å²) in [5, 5.41) is 12.1. The van der Waals surface area contributed by atoms with Gasteiger partial charge in [0.2, 0.25) is 0 Å². The summed E-state index contributed by atoms with van der Waals surface area (Å²) in [6.07, 6.45) is 1.54. The highest BCUT2D eigenvalue weighted by molar-refractivity contribution is 9.10. The Morgan fingerprint density at radius 2 is 1.58 bits per heavy atom. The van der Waals surface area contributed by atoms with Gasteiger partial charge >= 0.3 is 0 Å². The molecule has 3 aromatic rings. The molecule has 1 amide bonds. The van der Waals surface area contributed by atoms with E-state index in [0.717, 1.165) is 21.3 Å². The molecule has 0 aliphatic rings. The van der Waals surface area contributed by atoms with Crippen LogP contribution in [0.2, 0.25) is 0 Å². The maximum atomic E-state index is 12.4. The number of carbonyl (C=O) groups excluding carboxylic acids is 1. The van der Waals surface area contributed by atoms with Gasteiger partial charge in [0.15, 0.2) is 0 Å². The van der Waals surface area contributed by atoms with Gasteiger partial charge in [-0.1, -0.05) is 40.2 Å². The van der Waals surface area contributed by atoms with Crippen molar-refractivity contribution in [3.8, 4) is 17.6 Å². The first-order valence-corrected chi connectivity index (χ1v) is 10.5. The zero-order chi connectivity index (χ0) is 22.1. The van der Waals surface area contributed by atoms with E-state index in [4.69, 9.17) is 9.47 Å². The van der Waals surface area contributed by atoms with Crippen molar-refractivity contribution in [2.45, 2.75) is 13.5 Å². The fraction of sp³-hybridized carbons (Fsp3) is 0.120. The van der Waals surface area contributed by atoms with Crippen LogP contribution in [0, 0.1) is 11.3 Å². The SMILES string of the molecule is CCOc1ccc(NC(=O)/C(C#N)=C/c2ccc(OCc3ccc(Br)cc3)cc2)cc1. The zero-order valence-corrected chi connectivity index (χ0v) is 18.6. The lowest BCUT2D eigenvalue weighted by Crippen LogP contribution is -2.13. The third-order valence-corrected chi connectivity index (χ3v) is 4.83. The van der Waals surface area contributed by atoms with E-state index in [9.17, 15) is 10.1 Å². The molecule has 1 N–H and O–H groups in total. The van der Waals surface area contributed by atoms with Gasteiger partial charge in [-0.25, -0.2) is 0 Å². The predicted octanol–water partition coefficient (Wildman–Crippen LogP) is 5.97. The van der Waals surface area contributed by atoms with Crippen LogP contribution in [0.3, 0.4) is 0 Å². The Hall–Kier alpha value is -3.56. The van der Waals surface area contributed by atoms with Crippen LogP contribution in [0.25, 0.3) is 6.08 Å². The number of carbonyl (C=O) groups is 1. The molecule has 0 aliphatic heterocycles. The lowest BCUT2D eigenvalue weighted by Gasteiger charge is -2.08. The summed E-state index contributed by atoms with van der Waals surface area (Å²) in [4.78, 5) is 12.4. The van der Waals surface area contributed by atoms with Crippen molar-refractivity contribution >= 4 is 33.6 Å². The van der Waals surface area contributed by atoms with Crippen molar-refractivity contribution in [1.29, 1.82) is 5.26 Å². The number of nitrogens with zero attached hydrogens (tertiary/aromatic N) is 1. The molecule has 0 heterocycles. The van der Waals surface area contributed by atoms with Gasteiger partial charge in [-0.2, -0.15) is 5.26 Å². The molecular formula is C25H21BrN2O3. The average Bonchev–Trinajstić information content (AvgIpc) is 2.79. The van der Waals surface area contributed by atoms with Crippen LogP contribution in [-0.4, -0.2) is 12.5 Å². The second kappa shape index (κ2) is 11.0. The third kappa shape index (κ3) is 6.73. The van der Waals surface area contributed by atoms with Crippen molar-refractivity contribution in [3.05, 3.63) is 94.0 Å². The summed E-state index contributed by atoms with van der Waals surface area (Å²) in [7, 11) is 0. The molecular weight excluding hydrogens is 456 g/mol. The van der Waals surface area contributed by atoms with Gasteiger partial charge in [-0.15, -0.1) is 0 Å². The number of ether oxygens (including phenoxy) is 2. The zero-order valence-electron chi connectivity index (χ0n) is 17.0. The Bertz CT molecular complexity index is 1080. The molecule has 0 saturated heterocycles. The first-order valence-electron chi connectivity index (χ1n) is 9.70. The molecule has 0 unspecified atom stereocenters. The number of anilines is 1. The summed E-state index contributed by atoms with van der Waals surface area (Å²) in [5.41, 5.74) is 2.39. The van der Waals surface area contributed by atoms with Crippen LogP contribution in [0.1, 0.15) is 18.1 Å². The van der Waals surface area contributed by atoms with E-state index in [-0.39, 0.29) is 5.57 Å². The van der Waals surface area contributed by atoms with Crippen LogP contribution >= 0.6 is 15.9 Å². The number of hydrogen-bond acceptors (Lipinski definition) is 4. The van der Waals surface area contributed by atoms with E-state index in [1.54, 1.807) is 42.5 Å². The topological polar surface area (TPSA) is 71.3 Å². The number of hydrogen-bond donors (Lipinski definition) is 1. The molecule has 0 atom stereocenters. The molecule has 31 heavy (non-hydrogen) atoms. The van der Waals surface area contributed by atoms with Crippen LogP contribution in [-0.2, 0) is 11.4 Å². The van der Waals surface area contributed by atoms with Gasteiger partial charge in [0, 0.05) is 10.2 Å². The normalized spacial score (nSPS) is 10.8. The highest BCUT2D eigenvalue weighted by atomic mass is 79.9. The molecule has 0 fully saturated rings. The molecule has 5 nitrogen and oxygen atoms in total. The van der Waals surface area contributed by atoms with Gasteiger partial charge in [0.05, 0.1) is 6.61 Å². The lowest BCUT2D eigenvalue weighted by atomic mass is 10.1. The minimum Gasteiger partial charge on any atom is -0.494 e. The highest BCUT2D eigenvalue weighted by Gasteiger charge is 2.10.